The molecule has 0 amide bonds. The zero-order valence-electron chi connectivity index (χ0n) is 12.3. The number of nitrogens with one attached hydrogen (secondary N) is 1. The Balaban J connectivity index is 1.60. The van der Waals surface area contributed by atoms with Crippen molar-refractivity contribution in [2.45, 2.75) is 33.2 Å². The highest BCUT2D eigenvalue weighted by Gasteiger charge is 2.14. The Morgan fingerprint density at radius 3 is 2.81 bits per heavy atom. The summed E-state index contributed by atoms with van der Waals surface area (Å²) in [6, 6.07) is 3.98. The lowest BCUT2D eigenvalue weighted by molar-refractivity contribution is 0.321. The van der Waals surface area contributed by atoms with Gasteiger partial charge in [-0.3, -0.25) is 0 Å². The molecular weight excluding hydrogens is 304 g/mol. The van der Waals surface area contributed by atoms with E-state index in [2.05, 4.69) is 5.32 Å². The van der Waals surface area contributed by atoms with Gasteiger partial charge in [0.2, 0.25) is 0 Å². The lowest BCUT2D eigenvalue weighted by atomic mass is 10.1. The molecule has 1 N–H and O–H groups in total. The Labute approximate surface area is 134 Å². The third-order valence-electron chi connectivity index (χ3n) is 3.64. The van der Waals surface area contributed by atoms with E-state index in [1.54, 1.807) is 11.3 Å². The predicted molar refractivity (Wildman–Crippen MR) is 87.6 cm³/mol. The van der Waals surface area contributed by atoms with E-state index in [1.807, 2.05) is 26.0 Å². The SMILES string of the molecule is Cc1cc(OCCc2nc3c(s2)CNCC3)cc(C)c1Cl. The third kappa shape index (κ3) is 3.39. The number of rotatable bonds is 4. The number of hydrogen-bond donors (Lipinski definition) is 1. The minimum absolute atomic E-state index is 0.653. The highest BCUT2D eigenvalue weighted by atomic mass is 35.5. The van der Waals surface area contributed by atoms with Crippen LogP contribution in [0.3, 0.4) is 0 Å². The van der Waals surface area contributed by atoms with E-state index >= 15 is 0 Å². The van der Waals surface area contributed by atoms with Crippen molar-refractivity contribution in [3.63, 3.8) is 0 Å². The molecule has 3 nitrogen and oxygen atoms in total. The summed E-state index contributed by atoms with van der Waals surface area (Å²) in [4.78, 5) is 6.09. The fourth-order valence-electron chi connectivity index (χ4n) is 2.53. The minimum Gasteiger partial charge on any atom is -0.493 e. The first-order valence-corrected chi connectivity index (χ1v) is 8.40. The zero-order chi connectivity index (χ0) is 14.8. The molecule has 1 aliphatic rings. The minimum atomic E-state index is 0.653. The number of thiazole rings is 1. The van der Waals surface area contributed by atoms with Crippen LogP contribution in [-0.2, 0) is 19.4 Å². The van der Waals surface area contributed by atoms with Crippen LogP contribution in [0.2, 0.25) is 5.02 Å². The summed E-state index contributed by atoms with van der Waals surface area (Å²) in [7, 11) is 0. The topological polar surface area (TPSA) is 34.1 Å². The van der Waals surface area contributed by atoms with Crippen molar-refractivity contribution < 1.29 is 4.74 Å². The molecule has 21 heavy (non-hydrogen) atoms. The van der Waals surface area contributed by atoms with Crippen LogP contribution in [0.1, 0.15) is 26.7 Å². The Morgan fingerprint density at radius 2 is 2.10 bits per heavy atom. The molecule has 0 unspecified atom stereocenters. The molecule has 2 aromatic rings. The van der Waals surface area contributed by atoms with Crippen molar-refractivity contribution in [3.05, 3.63) is 43.9 Å². The first-order chi connectivity index (χ1) is 10.1. The van der Waals surface area contributed by atoms with Gasteiger partial charge in [-0.25, -0.2) is 4.98 Å². The van der Waals surface area contributed by atoms with Gasteiger partial charge in [0, 0.05) is 35.8 Å². The van der Waals surface area contributed by atoms with Gasteiger partial charge in [0.05, 0.1) is 17.3 Å². The summed E-state index contributed by atoms with van der Waals surface area (Å²) in [5.74, 6) is 0.886. The summed E-state index contributed by atoms with van der Waals surface area (Å²) >= 11 is 7.97. The van der Waals surface area contributed by atoms with Crippen molar-refractivity contribution in [2.75, 3.05) is 13.2 Å². The lowest BCUT2D eigenvalue weighted by Gasteiger charge is -2.09. The molecule has 5 heteroatoms. The summed E-state index contributed by atoms with van der Waals surface area (Å²) < 4.78 is 5.85. The number of hydrogen-bond acceptors (Lipinski definition) is 4. The number of fused-ring (bicyclic) bond motifs is 1. The standard InChI is InChI=1S/C16H19ClN2OS/c1-10-7-12(8-11(2)16(10)17)20-6-4-15-19-13-3-5-18-9-14(13)21-15/h7-8,18H,3-6,9H2,1-2H3. The zero-order valence-corrected chi connectivity index (χ0v) is 13.9. The van der Waals surface area contributed by atoms with Crippen molar-refractivity contribution in [1.82, 2.24) is 10.3 Å². The number of aryl methyl sites for hydroxylation is 2. The summed E-state index contributed by atoms with van der Waals surface area (Å²) in [5, 5.41) is 5.37. The van der Waals surface area contributed by atoms with Crippen LogP contribution >= 0.6 is 22.9 Å². The maximum atomic E-state index is 6.17. The smallest absolute Gasteiger partial charge is 0.119 e. The fourth-order valence-corrected chi connectivity index (χ4v) is 3.71. The van der Waals surface area contributed by atoms with Gasteiger partial charge in [-0.2, -0.15) is 0 Å². The van der Waals surface area contributed by atoms with Crippen LogP contribution < -0.4 is 10.1 Å². The molecule has 0 bridgehead atoms. The Bertz CT molecular complexity index is 607. The Kier molecular flexibility index (Phi) is 4.48. The number of halogens is 1. The van der Waals surface area contributed by atoms with E-state index in [1.165, 1.54) is 15.6 Å². The second-order valence-corrected chi connectivity index (χ2v) is 6.92. The molecule has 0 aliphatic carbocycles. The molecule has 0 atom stereocenters. The van der Waals surface area contributed by atoms with Crippen LogP contribution in [-0.4, -0.2) is 18.1 Å². The quantitative estimate of drug-likeness (QED) is 0.932. The summed E-state index contributed by atoms with van der Waals surface area (Å²) in [5.41, 5.74) is 3.39. The molecule has 3 rings (SSSR count). The number of aromatic nitrogens is 1. The van der Waals surface area contributed by atoms with Gasteiger partial charge in [-0.15, -0.1) is 11.3 Å². The van der Waals surface area contributed by atoms with E-state index in [0.29, 0.717) is 6.61 Å². The van der Waals surface area contributed by atoms with Gasteiger partial charge >= 0.3 is 0 Å². The first kappa shape index (κ1) is 14.8. The second-order valence-electron chi connectivity index (χ2n) is 5.37. The van der Waals surface area contributed by atoms with Gasteiger partial charge in [0.25, 0.3) is 0 Å². The van der Waals surface area contributed by atoms with Crippen LogP contribution in [0.25, 0.3) is 0 Å². The molecule has 0 saturated carbocycles. The molecule has 2 heterocycles. The average Bonchev–Trinajstić information content (AvgIpc) is 2.87. The van der Waals surface area contributed by atoms with E-state index in [4.69, 9.17) is 21.3 Å². The highest BCUT2D eigenvalue weighted by Crippen LogP contribution is 2.26. The van der Waals surface area contributed by atoms with Crippen LogP contribution in [0, 0.1) is 13.8 Å². The van der Waals surface area contributed by atoms with Crippen molar-refractivity contribution in [3.8, 4) is 5.75 Å². The van der Waals surface area contributed by atoms with Crippen molar-refractivity contribution in [2.24, 2.45) is 0 Å². The molecule has 1 aliphatic heterocycles. The average molecular weight is 323 g/mol. The molecule has 1 aromatic heterocycles. The second kappa shape index (κ2) is 6.34. The van der Waals surface area contributed by atoms with Crippen LogP contribution in [0.4, 0.5) is 0 Å². The highest BCUT2D eigenvalue weighted by molar-refractivity contribution is 7.11. The monoisotopic (exact) mass is 322 g/mol. The van der Waals surface area contributed by atoms with Crippen molar-refractivity contribution >= 4 is 22.9 Å². The molecule has 0 fully saturated rings. The molecule has 0 radical (unpaired) electrons. The largest absolute Gasteiger partial charge is 0.493 e. The molecule has 0 saturated heterocycles. The van der Waals surface area contributed by atoms with E-state index in [-0.39, 0.29) is 0 Å². The van der Waals surface area contributed by atoms with Gasteiger partial charge < -0.3 is 10.1 Å². The van der Waals surface area contributed by atoms with E-state index in [0.717, 1.165) is 47.8 Å². The van der Waals surface area contributed by atoms with Crippen molar-refractivity contribution in [1.29, 1.82) is 0 Å². The maximum Gasteiger partial charge on any atom is 0.119 e. The molecular formula is C16H19ClN2OS. The summed E-state index contributed by atoms with van der Waals surface area (Å²) in [6.45, 7) is 6.66. The first-order valence-electron chi connectivity index (χ1n) is 7.21. The maximum absolute atomic E-state index is 6.17. The van der Waals surface area contributed by atoms with Gasteiger partial charge in [0.15, 0.2) is 0 Å². The summed E-state index contributed by atoms with van der Waals surface area (Å²) in [6.07, 6.45) is 1.90. The van der Waals surface area contributed by atoms with Crippen LogP contribution in [0.15, 0.2) is 12.1 Å². The lowest BCUT2D eigenvalue weighted by Crippen LogP contribution is -2.22. The molecule has 1 aromatic carbocycles. The van der Waals surface area contributed by atoms with Gasteiger partial charge in [0.1, 0.15) is 5.75 Å². The number of benzene rings is 1. The van der Waals surface area contributed by atoms with Gasteiger partial charge in [-0.05, 0) is 37.1 Å². The molecule has 0 spiro atoms. The van der Waals surface area contributed by atoms with Gasteiger partial charge in [-0.1, -0.05) is 11.6 Å². The fraction of sp³-hybridized carbons (Fsp3) is 0.438. The molecule has 112 valence electrons. The Hall–Kier alpha value is -1.10. The van der Waals surface area contributed by atoms with Crippen LogP contribution in [0.5, 0.6) is 5.75 Å². The van der Waals surface area contributed by atoms with E-state index in [9.17, 15) is 0 Å². The normalized spacial score (nSPS) is 14.0. The number of nitrogens with zero attached hydrogens (tertiary/aromatic N) is 1. The third-order valence-corrected chi connectivity index (χ3v) is 5.39. The van der Waals surface area contributed by atoms with E-state index < -0.39 is 0 Å². The predicted octanol–water partition coefficient (Wildman–Crippen LogP) is 3.68. The Morgan fingerprint density at radius 1 is 1.33 bits per heavy atom. The number of ether oxygens (including phenoxy) is 1.